The van der Waals surface area contributed by atoms with Gasteiger partial charge in [0.2, 0.25) is 0 Å². The highest BCUT2D eigenvalue weighted by atomic mass is 32.1. The Labute approximate surface area is 199 Å². The van der Waals surface area contributed by atoms with E-state index in [-0.39, 0.29) is 5.97 Å². The van der Waals surface area contributed by atoms with E-state index < -0.39 is 11.7 Å². The molecule has 176 valence electrons. The highest BCUT2D eigenvalue weighted by Crippen LogP contribution is 2.48. The minimum atomic E-state index is -0.825. The Morgan fingerprint density at radius 2 is 2.09 bits per heavy atom. The Balaban J connectivity index is 1.95. The molecule has 7 heteroatoms. The third-order valence-corrected chi connectivity index (χ3v) is 6.70. The van der Waals surface area contributed by atoms with Crippen LogP contribution in [0.15, 0.2) is 30.6 Å². The Morgan fingerprint density at radius 1 is 1.30 bits per heavy atom. The van der Waals surface area contributed by atoms with Crippen molar-refractivity contribution < 1.29 is 19.0 Å². The first-order valence-corrected chi connectivity index (χ1v) is 12.2. The number of carbonyl (C=O) groups excluding carboxylic acids is 1. The van der Waals surface area contributed by atoms with Gasteiger partial charge < -0.3 is 14.2 Å². The number of carbonyl (C=O) groups is 1. The topological polar surface area (TPSA) is 62.6 Å². The average molecular weight is 469 g/mol. The normalized spacial score (nSPS) is 14.5. The fourth-order valence-electron chi connectivity index (χ4n) is 4.21. The maximum atomic E-state index is 13.2. The zero-order valence-corrected chi connectivity index (χ0v) is 21.0. The summed E-state index contributed by atoms with van der Waals surface area (Å²) in [5.41, 5.74) is 4.59. The predicted molar refractivity (Wildman–Crippen MR) is 131 cm³/mol. The number of esters is 1. The zero-order chi connectivity index (χ0) is 23.8. The smallest absolute Gasteiger partial charge is 0.340 e. The van der Waals surface area contributed by atoms with Crippen LogP contribution in [-0.2, 0) is 27.7 Å². The molecular weight excluding hydrogens is 436 g/mol. The number of aryl methyl sites for hydroxylation is 3. The Kier molecular flexibility index (Phi) is 6.64. The van der Waals surface area contributed by atoms with Crippen LogP contribution in [0.1, 0.15) is 56.2 Å². The number of hydrogen-bond acceptors (Lipinski definition) is 6. The maximum Gasteiger partial charge on any atom is 0.340 e. The van der Waals surface area contributed by atoms with E-state index in [0.29, 0.717) is 6.61 Å². The van der Waals surface area contributed by atoms with Crippen molar-refractivity contribution >= 4 is 17.3 Å². The zero-order valence-electron chi connectivity index (χ0n) is 20.2. The molecule has 0 bridgehead atoms. The number of rotatable bonds is 6. The molecule has 0 N–H and O–H groups in total. The lowest BCUT2D eigenvalue weighted by atomic mass is 9.92. The molecule has 0 radical (unpaired) electrons. The van der Waals surface area contributed by atoms with Crippen molar-refractivity contribution in [3.8, 4) is 27.3 Å². The summed E-state index contributed by atoms with van der Waals surface area (Å²) in [6.07, 6.45) is 5.02. The van der Waals surface area contributed by atoms with Gasteiger partial charge in [0.25, 0.3) is 0 Å². The molecule has 1 aromatic carbocycles. The molecule has 0 spiro atoms. The van der Waals surface area contributed by atoms with E-state index >= 15 is 0 Å². The van der Waals surface area contributed by atoms with Crippen molar-refractivity contribution in [1.82, 2.24) is 9.78 Å². The first-order valence-electron chi connectivity index (χ1n) is 11.4. The lowest BCUT2D eigenvalue weighted by Crippen LogP contribution is -2.29. The van der Waals surface area contributed by atoms with Crippen molar-refractivity contribution in [2.24, 2.45) is 7.05 Å². The molecule has 0 aliphatic carbocycles. The molecule has 3 aromatic rings. The minimum absolute atomic E-state index is 0.299. The van der Waals surface area contributed by atoms with Crippen LogP contribution >= 0.6 is 11.3 Å². The van der Waals surface area contributed by atoms with Gasteiger partial charge in [-0.05, 0) is 70.7 Å². The number of fused-ring (bicyclic) bond motifs is 1. The van der Waals surface area contributed by atoms with Crippen LogP contribution in [0, 0.1) is 6.92 Å². The Morgan fingerprint density at radius 3 is 2.76 bits per heavy atom. The van der Waals surface area contributed by atoms with Crippen molar-refractivity contribution in [2.75, 3.05) is 13.2 Å². The second kappa shape index (κ2) is 9.31. The van der Waals surface area contributed by atoms with E-state index in [2.05, 4.69) is 17.2 Å². The van der Waals surface area contributed by atoms with Crippen molar-refractivity contribution in [3.63, 3.8) is 0 Å². The molecule has 0 saturated heterocycles. The molecule has 0 fully saturated rings. The molecule has 1 atom stereocenters. The van der Waals surface area contributed by atoms with Crippen LogP contribution in [0.3, 0.4) is 0 Å². The second-order valence-corrected chi connectivity index (χ2v) is 10.5. The van der Waals surface area contributed by atoms with E-state index in [1.54, 1.807) is 16.0 Å². The minimum Gasteiger partial charge on any atom is -0.493 e. The molecule has 1 unspecified atom stereocenters. The second-order valence-electron chi connectivity index (χ2n) is 9.32. The highest BCUT2D eigenvalue weighted by molar-refractivity contribution is 7.16. The van der Waals surface area contributed by atoms with Gasteiger partial charge in [-0.25, -0.2) is 4.79 Å². The van der Waals surface area contributed by atoms with Gasteiger partial charge in [-0.1, -0.05) is 6.07 Å². The standard InChI is InChI=1S/C26H32N2O4S/c1-7-30-25(29)23(32-26(3,4)5)21-16(2)33-24(19-14-27-28(6)15-19)22(21)18-10-11-20-17(13-18)9-8-12-31-20/h10-11,13-15,23H,7-9,12H2,1-6H3. The highest BCUT2D eigenvalue weighted by Gasteiger charge is 2.35. The summed E-state index contributed by atoms with van der Waals surface area (Å²) in [4.78, 5) is 15.3. The number of benzene rings is 1. The van der Waals surface area contributed by atoms with Crippen molar-refractivity contribution in [3.05, 3.63) is 46.6 Å². The molecular formula is C26H32N2O4S. The van der Waals surface area contributed by atoms with E-state index in [1.165, 1.54) is 5.56 Å². The predicted octanol–water partition coefficient (Wildman–Crippen LogP) is 5.87. The summed E-state index contributed by atoms with van der Waals surface area (Å²) >= 11 is 1.66. The van der Waals surface area contributed by atoms with Gasteiger partial charge >= 0.3 is 5.97 Å². The molecule has 2 aromatic heterocycles. The fourth-order valence-corrected chi connectivity index (χ4v) is 5.39. The van der Waals surface area contributed by atoms with Crippen molar-refractivity contribution in [2.45, 2.75) is 59.2 Å². The number of thiophene rings is 1. The first-order chi connectivity index (χ1) is 15.7. The average Bonchev–Trinajstić information content (AvgIpc) is 3.34. The van der Waals surface area contributed by atoms with Crippen LogP contribution in [0.25, 0.3) is 21.6 Å². The molecule has 3 heterocycles. The monoisotopic (exact) mass is 468 g/mol. The summed E-state index contributed by atoms with van der Waals surface area (Å²) in [5, 5.41) is 4.39. The largest absolute Gasteiger partial charge is 0.493 e. The molecule has 6 nitrogen and oxygen atoms in total. The summed E-state index contributed by atoms with van der Waals surface area (Å²) < 4.78 is 19.4. The van der Waals surface area contributed by atoms with Gasteiger partial charge in [0.15, 0.2) is 6.10 Å². The molecule has 1 aliphatic heterocycles. The third kappa shape index (κ3) is 4.99. The lowest BCUT2D eigenvalue weighted by molar-refractivity contribution is -0.166. The van der Waals surface area contributed by atoms with Gasteiger partial charge in [-0.15, -0.1) is 11.3 Å². The van der Waals surface area contributed by atoms with Gasteiger partial charge in [-0.2, -0.15) is 5.10 Å². The first kappa shape index (κ1) is 23.5. The molecule has 1 aliphatic rings. The van der Waals surface area contributed by atoms with Gasteiger partial charge in [-0.3, -0.25) is 4.68 Å². The van der Waals surface area contributed by atoms with Crippen LogP contribution < -0.4 is 4.74 Å². The molecule has 0 amide bonds. The number of hydrogen-bond donors (Lipinski definition) is 0. The summed E-state index contributed by atoms with van der Waals surface area (Å²) in [5.74, 6) is 0.572. The quantitative estimate of drug-likeness (QED) is 0.424. The van der Waals surface area contributed by atoms with Crippen LogP contribution in [0.4, 0.5) is 0 Å². The SMILES string of the molecule is CCOC(=O)C(OC(C)(C)C)c1c(C)sc(-c2cnn(C)c2)c1-c1ccc2c(c1)CCCO2. The summed E-state index contributed by atoms with van der Waals surface area (Å²) in [6.45, 7) is 10.8. The van der Waals surface area contributed by atoms with Gasteiger partial charge in [0, 0.05) is 39.7 Å². The van der Waals surface area contributed by atoms with Gasteiger partial charge in [0.05, 0.1) is 25.0 Å². The van der Waals surface area contributed by atoms with E-state index in [9.17, 15) is 4.79 Å². The number of nitrogens with zero attached hydrogens (tertiary/aromatic N) is 2. The fraction of sp³-hybridized carbons (Fsp3) is 0.462. The van der Waals surface area contributed by atoms with E-state index in [1.807, 2.05) is 60.1 Å². The molecule has 4 rings (SSSR count). The Hall–Kier alpha value is -2.64. The van der Waals surface area contributed by atoms with E-state index in [4.69, 9.17) is 14.2 Å². The maximum absolute atomic E-state index is 13.2. The van der Waals surface area contributed by atoms with Crippen LogP contribution in [-0.4, -0.2) is 34.6 Å². The molecule has 0 saturated carbocycles. The number of ether oxygens (including phenoxy) is 3. The van der Waals surface area contributed by atoms with Gasteiger partial charge in [0.1, 0.15) is 5.75 Å². The number of aromatic nitrogens is 2. The lowest BCUT2D eigenvalue weighted by Gasteiger charge is -2.27. The third-order valence-electron chi connectivity index (χ3n) is 5.53. The van der Waals surface area contributed by atoms with Crippen molar-refractivity contribution in [1.29, 1.82) is 0 Å². The summed E-state index contributed by atoms with van der Waals surface area (Å²) in [7, 11) is 1.91. The van der Waals surface area contributed by atoms with Crippen LogP contribution in [0.2, 0.25) is 0 Å². The molecule has 33 heavy (non-hydrogen) atoms. The van der Waals surface area contributed by atoms with Crippen LogP contribution in [0.5, 0.6) is 5.75 Å². The van der Waals surface area contributed by atoms with E-state index in [0.717, 1.165) is 57.2 Å². The summed E-state index contributed by atoms with van der Waals surface area (Å²) in [6, 6.07) is 6.31. The Bertz CT molecular complexity index is 1160.